The van der Waals surface area contributed by atoms with E-state index in [1.54, 1.807) is 6.92 Å². The van der Waals surface area contributed by atoms with Gasteiger partial charge < -0.3 is 19.8 Å². The van der Waals surface area contributed by atoms with E-state index < -0.39 is 18.3 Å². The summed E-state index contributed by atoms with van der Waals surface area (Å²) in [5, 5.41) is 18.4. The topological polar surface area (TPSA) is 70.0 Å². The predicted octanol–water partition coefficient (Wildman–Crippen LogP) is -1.41. The Morgan fingerprint density at radius 1 is 1.46 bits per heavy atom. The van der Waals surface area contributed by atoms with Crippen molar-refractivity contribution in [3.63, 3.8) is 0 Å². The van der Waals surface area contributed by atoms with Gasteiger partial charge in [-0.15, -0.1) is 0 Å². The highest BCUT2D eigenvalue weighted by molar-refractivity contribution is 5.80. The number of β-amino-alcohol motifs (C(OH)–C–C–N with tert-alkyl or cyclic N) is 2. The molecule has 1 aliphatic heterocycles. The van der Waals surface area contributed by atoms with E-state index in [0.717, 1.165) is 0 Å². The molecule has 1 rings (SSSR count). The first-order valence-electron chi connectivity index (χ1n) is 4.24. The van der Waals surface area contributed by atoms with Crippen LogP contribution in [0.3, 0.4) is 0 Å². The van der Waals surface area contributed by atoms with Gasteiger partial charge in [0.1, 0.15) is 6.10 Å². The number of nitrogens with zero attached hydrogens (tertiary/aromatic N) is 1. The zero-order valence-corrected chi connectivity index (χ0v) is 7.80. The Morgan fingerprint density at radius 3 is 2.31 bits per heavy atom. The lowest BCUT2D eigenvalue weighted by Crippen LogP contribution is -2.37. The number of likely N-dealkylation sites (tertiary alicyclic amines) is 1. The lowest BCUT2D eigenvalue weighted by molar-refractivity contribution is -0.140. The standard InChI is InChI=1S/C8H15NO4/c1-5(13-2)8(12)9-3-6(10)7(11)4-9/h5-7,10-11H,3-4H2,1-2H3. The van der Waals surface area contributed by atoms with E-state index in [4.69, 9.17) is 4.74 Å². The molecule has 1 fully saturated rings. The molecule has 2 N–H and O–H groups in total. The fourth-order valence-electron chi connectivity index (χ4n) is 1.31. The van der Waals surface area contributed by atoms with Crippen molar-refractivity contribution >= 4 is 5.91 Å². The van der Waals surface area contributed by atoms with Crippen molar-refractivity contribution < 1.29 is 19.7 Å². The average molecular weight is 189 g/mol. The van der Waals surface area contributed by atoms with Gasteiger partial charge in [0.2, 0.25) is 0 Å². The van der Waals surface area contributed by atoms with Crippen LogP contribution in [0.5, 0.6) is 0 Å². The zero-order valence-electron chi connectivity index (χ0n) is 7.80. The lowest BCUT2D eigenvalue weighted by Gasteiger charge is -2.18. The fraction of sp³-hybridized carbons (Fsp3) is 0.875. The van der Waals surface area contributed by atoms with E-state index in [0.29, 0.717) is 0 Å². The molecule has 76 valence electrons. The third kappa shape index (κ3) is 2.18. The maximum absolute atomic E-state index is 11.4. The summed E-state index contributed by atoms with van der Waals surface area (Å²) in [6.45, 7) is 2.01. The highest BCUT2D eigenvalue weighted by Crippen LogP contribution is 2.11. The zero-order chi connectivity index (χ0) is 10.0. The highest BCUT2D eigenvalue weighted by Gasteiger charge is 2.34. The molecule has 1 aliphatic rings. The SMILES string of the molecule is COC(C)C(=O)N1CC(O)C(O)C1. The summed E-state index contributed by atoms with van der Waals surface area (Å²) < 4.78 is 4.84. The van der Waals surface area contributed by atoms with E-state index in [1.807, 2.05) is 0 Å². The normalized spacial score (nSPS) is 30.6. The lowest BCUT2D eigenvalue weighted by atomic mass is 10.3. The molecule has 0 saturated carbocycles. The van der Waals surface area contributed by atoms with Crippen LogP contribution < -0.4 is 0 Å². The summed E-state index contributed by atoms with van der Waals surface area (Å²) in [6, 6.07) is 0. The molecule has 1 saturated heterocycles. The first-order valence-corrected chi connectivity index (χ1v) is 4.24. The summed E-state index contributed by atoms with van der Waals surface area (Å²) in [5.74, 6) is -0.196. The van der Waals surface area contributed by atoms with Crippen LogP contribution in [0.4, 0.5) is 0 Å². The number of carbonyl (C=O) groups is 1. The van der Waals surface area contributed by atoms with E-state index in [2.05, 4.69) is 0 Å². The van der Waals surface area contributed by atoms with Gasteiger partial charge in [0.05, 0.1) is 12.2 Å². The molecule has 1 amide bonds. The van der Waals surface area contributed by atoms with Gasteiger partial charge in [-0.1, -0.05) is 0 Å². The Hall–Kier alpha value is -0.650. The Kier molecular flexibility index (Phi) is 3.24. The minimum absolute atomic E-state index is 0.188. The summed E-state index contributed by atoms with van der Waals surface area (Å²) in [7, 11) is 1.45. The largest absolute Gasteiger partial charge is 0.388 e. The average Bonchev–Trinajstić information content (AvgIpc) is 2.44. The van der Waals surface area contributed by atoms with Crippen molar-refractivity contribution in [1.82, 2.24) is 4.90 Å². The van der Waals surface area contributed by atoms with Crippen molar-refractivity contribution in [3.8, 4) is 0 Å². The molecule has 0 aromatic rings. The molecule has 3 unspecified atom stereocenters. The molecule has 13 heavy (non-hydrogen) atoms. The molecule has 0 bridgehead atoms. The molecule has 5 nitrogen and oxygen atoms in total. The van der Waals surface area contributed by atoms with Crippen LogP contribution in [0, 0.1) is 0 Å². The van der Waals surface area contributed by atoms with Gasteiger partial charge in [-0.05, 0) is 6.92 Å². The number of carbonyl (C=O) groups excluding carboxylic acids is 1. The van der Waals surface area contributed by atoms with Gasteiger partial charge in [0, 0.05) is 20.2 Å². The van der Waals surface area contributed by atoms with E-state index in [1.165, 1.54) is 12.0 Å². The van der Waals surface area contributed by atoms with Crippen LogP contribution in [-0.2, 0) is 9.53 Å². The van der Waals surface area contributed by atoms with Gasteiger partial charge in [-0.2, -0.15) is 0 Å². The number of ether oxygens (including phenoxy) is 1. The Morgan fingerprint density at radius 2 is 1.92 bits per heavy atom. The molecule has 5 heteroatoms. The Bertz CT molecular complexity index is 187. The van der Waals surface area contributed by atoms with Gasteiger partial charge in [0.25, 0.3) is 5.91 Å². The molecule has 0 spiro atoms. The summed E-state index contributed by atoms with van der Waals surface area (Å²) >= 11 is 0. The van der Waals surface area contributed by atoms with Gasteiger partial charge in [-0.25, -0.2) is 0 Å². The van der Waals surface area contributed by atoms with Crippen molar-refractivity contribution in [1.29, 1.82) is 0 Å². The third-order valence-electron chi connectivity index (χ3n) is 2.27. The smallest absolute Gasteiger partial charge is 0.251 e. The fourth-order valence-corrected chi connectivity index (χ4v) is 1.31. The second-order valence-electron chi connectivity index (χ2n) is 3.26. The van der Waals surface area contributed by atoms with Crippen molar-refractivity contribution in [2.45, 2.75) is 25.2 Å². The summed E-state index contributed by atoms with van der Waals surface area (Å²) in [5.41, 5.74) is 0. The van der Waals surface area contributed by atoms with E-state index in [-0.39, 0.29) is 19.0 Å². The first kappa shape index (κ1) is 10.4. The number of methoxy groups -OCH3 is 1. The van der Waals surface area contributed by atoms with Crippen molar-refractivity contribution in [2.75, 3.05) is 20.2 Å². The van der Waals surface area contributed by atoms with Crippen molar-refractivity contribution in [3.05, 3.63) is 0 Å². The van der Waals surface area contributed by atoms with Crippen molar-refractivity contribution in [2.24, 2.45) is 0 Å². The van der Waals surface area contributed by atoms with Gasteiger partial charge in [0.15, 0.2) is 0 Å². The maximum Gasteiger partial charge on any atom is 0.251 e. The first-order chi connectivity index (χ1) is 6.06. The predicted molar refractivity (Wildman–Crippen MR) is 45.1 cm³/mol. The Labute approximate surface area is 76.9 Å². The van der Waals surface area contributed by atoms with Crippen LogP contribution in [0.2, 0.25) is 0 Å². The van der Waals surface area contributed by atoms with Gasteiger partial charge in [-0.3, -0.25) is 4.79 Å². The molecule has 0 aromatic carbocycles. The quantitative estimate of drug-likeness (QED) is 0.559. The molecule has 0 aliphatic carbocycles. The minimum atomic E-state index is -0.826. The maximum atomic E-state index is 11.4. The molecular formula is C8H15NO4. The molecule has 1 heterocycles. The summed E-state index contributed by atoms with van der Waals surface area (Å²) in [6.07, 6.45) is -2.17. The number of aliphatic hydroxyl groups excluding tert-OH is 2. The molecule has 0 aromatic heterocycles. The number of hydrogen-bond donors (Lipinski definition) is 2. The minimum Gasteiger partial charge on any atom is -0.388 e. The molecule has 3 atom stereocenters. The second-order valence-corrected chi connectivity index (χ2v) is 3.26. The third-order valence-corrected chi connectivity index (χ3v) is 2.27. The number of amides is 1. The Balaban J connectivity index is 2.50. The molecular weight excluding hydrogens is 174 g/mol. The summed E-state index contributed by atoms with van der Waals surface area (Å²) in [4.78, 5) is 12.9. The van der Waals surface area contributed by atoms with Crippen LogP contribution in [0.1, 0.15) is 6.92 Å². The van der Waals surface area contributed by atoms with E-state index >= 15 is 0 Å². The monoisotopic (exact) mass is 189 g/mol. The van der Waals surface area contributed by atoms with Crippen LogP contribution in [-0.4, -0.2) is 59.5 Å². The van der Waals surface area contributed by atoms with E-state index in [9.17, 15) is 15.0 Å². The highest BCUT2D eigenvalue weighted by atomic mass is 16.5. The number of aliphatic hydroxyl groups is 2. The number of hydrogen-bond acceptors (Lipinski definition) is 4. The van der Waals surface area contributed by atoms with Crippen LogP contribution in [0.25, 0.3) is 0 Å². The second kappa shape index (κ2) is 4.04. The van der Waals surface area contributed by atoms with Crippen LogP contribution >= 0.6 is 0 Å². The number of rotatable bonds is 2. The van der Waals surface area contributed by atoms with Gasteiger partial charge >= 0.3 is 0 Å². The van der Waals surface area contributed by atoms with Crippen LogP contribution in [0.15, 0.2) is 0 Å². The molecule has 0 radical (unpaired) electrons.